The van der Waals surface area contributed by atoms with Gasteiger partial charge in [-0.25, -0.2) is 0 Å². The minimum absolute atomic E-state index is 0.377. The first kappa shape index (κ1) is 16.7. The van der Waals surface area contributed by atoms with E-state index >= 15 is 0 Å². The third kappa shape index (κ3) is 4.19. The Bertz CT molecular complexity index is 548. The lowest BCUT2D eigenvalue weighted by Gasteiger charge is -2.25. The van der Waals surface area contributed by atoms with E-state index in [4.69, 9.17) is 0 Å². The molecule has 0 bridgehead atoms. The summed E-state index contributed by atoms with van der Waals surface area (Å²) in [4.78, 5) is 0. The summed E-state index contributed by atoms with van der Waals surface area (Å²) in [5, 5.41) is 6.70. The minimum Gasteiger partial charge on any atom is -0.317 e. The Morgan fingerprint density at radius 3 is 1.91 bits per heavy atom. The minimum atomic E-state index is 0.377. The van der Waals surface area contributed by atoms with Gasteiger partial charge in [-0.2, -0.15) is 0 Å². The Morgan fingerprint density at radius 2 is 1.36 bits per heavy atom. The highest BCUT2D eigenvalue weighted by molar-refractivity contribution is 5.36. The molecule has 0 heterocycles. The molecular formula is C20H28N2. The lowest BCUT2D eigenvalue weighted by Crippen LogP contribution is -2.29. The Balaban J connectivity index is 2.25. The van der Waals surface area contributed by atoms with Gasteiger partial charge in [0.1, 0.15) is 0 Å². The molecule has 2 nitrogen and oxygen atoms in total. The van der Waals surface area contributed by atoms with Crippen LogP contribution >= 0.6 is 0 Å². The summed E-state index contributed by atoms with van der Waals surface area (Å²) >= 11 is 0. The van der Waals surface area contributed by atoms with E-state index in [2.05, 4.69) is 79.1 Å². The number of rotatable bonds is 7. The van der Waals surface area contributed by atoms with Gasteiger partial charge in [0.15, 0.2) is 0 Å². The topological polar surface area (TPSA) is 24.1 Å². The highest BCUT2D eigenvalue weighted by Crippen LogP contribution is 2.28. The van der Waals surface area contributed by atoms with E-state index in [1.54, 1.807) is 0 Å². The normalized spacial score (nSPS) is 15.3. The molecule has 0 aliphatic carbocycles. The highest BCUT2D eigenvalue weighted by Gasteiger charge is 2.19. The number of nitrogens with one attached hydrogen (secondary N) is 2. The van der Waals surface area contributed by atoms with Crippen molar-refractivity contribution in [3.63, 3.8) is 0 Å². The van der Waals surface area contributed by atoms with E-state index in [0.717, 1.165) is 6.42 Å². The molecule has 2 rings (SSSR count). The van der Waals surface area contributed by atoms with Gasteiger partial charge >= 0.3 is 0 Å². The van der Waals surface area contributed by atoms with Crippen molar-refractivity contribution in [1.82, 2.24) is 10.6 Å². The molecule has 0 aliphatic heterocycles. The number of hydrogen-bond acceptors (Lipinski definition) is 2. The van der Waals surface area contributed by atoms with E-state index in [1.165, 1.54) is 16.7 Å². The van der Waals surface area contributed by atoms with Crippen LogP contribution in [-0.2, 0) is 6.42 Å². The van der Waals surface area contributed by atoms with Crippen molar-refractivity contribution in [3.8, 4) is 0 Å². The van der Waals surface area contributed by atoms with Gasteiger partial charge in [-0.3, -0.25) is 0 Å². The second kappa shape index (κ2) is 8.11. The average Bonchev–Trinajstić information content (AvgIpc) is 2.57. The third-order valence-corrected chi connectivity index (χ3v) is 4.49. The van der Waals surface area contributed by atoms with Crippen LogP contribution in [0, 0.1) is 0 Å². The van der Waals surface area contributed by atoms with Crippen LogP contribution in [0.1, 0.15) is 36.5 Å². The molecule has 118 valence electrons. The summed E-state index contributed by atoms with van der Waals surface area (Å²) < 4.78 is 0. The van der Waals surface area contributed by atoms with Gasteiger partial charge in [0.2, 0.25) is 0 Å². The summed E-state index contributed by atoms with van der Waals surface area (Å²) in [6.45, 7) is 4.46. The van der Waals surface area contributed by atoms with Crippen molar-refractivity contribution in [2.24, 2.45) is 0 Å². The van der Waals surface area contributed by atoms with Crippen LogP contribution in [0.2, 0.25) is 0 Å². The molecule has 2 aromatic rings. The molecule has 0 aromatic heterocycles. The zero-order chi connectivity index (χ0) is 15.9. The van der Waals surface area contributed by atoms with Gasteiger partial charge in [0.25, 0.3) is 0 Å². The summed E-state index contributed by atoms with van der Waals surface area (Å²) in [7, 11) is 4.04. The fourth-order valence-corrected chi connectivity index (χ4v) is 2.91. The van der Waals surface area contributed by atoms with Gasteiger partial charge in [-0.1, -0.05) is 54.6 Å². The fraction of sp³-hybridized carbons (Fsp3) is 0.400. The molecule has 2 N–H and O–H groups in total. The zero-order valence-corrected chi connectivity index (χ0v) is 14.1. The summed E-state index contributed by atoms with van der Waals surface area (Å²) in [5.74, 6) is 0.377. The second-order valence-electron chi connectivity index (χ2n) is 6.10. The van der Waals surface area contributed by atoms with Crippen LogP contribution in [0.15, 0.2) is 54.6 Å². The molecule has 0 saturated carbocycles. The van der Waals surface area contributed by atoms with Crippen LogP contribution in [0.4, 0.5) is 0 Å². The molecular weight excluding hydrogens is 268 g/mol. The molecule has 3 unspecified atom stereocenters. The van der Waals surface area contributed by atoms with Crippen molar-refractivity contribution in [2.45, 2.75) is 38.3 Å². The lowest BCUT2D eigenvalue weighted by molar-refractivity contribution is 0.546. The van der Waals surface area contributed by atoms with Crippen LogP contribution in [0.25, 0.3) is 0 Å². The van der Waals surface area contributed by atoms with Crippen molar-refractivity contribution in [1.29, 1.82) is 0 Å². The van der Waals surface area contributed by atoms with E-state index in [9.17, 15) is 0 Å². The zero-order valence-electron chi connectivity index (χ0n) is 14.1. The van der Waals surface area contributed by atoms with Gasteiger partial charge in [-0.05, 0) is 51.1 Å². The number of benzene rings is 2. The third-order valence-electron chi connectivity index (χ3n) is 4.49. The largest absolute Gasteiger partial charge is 0.317 e. The van der Waals surface area contributed by atoms with E-state index in [1.807, 2.05) is 14.1 Å². The summed E-state index contributed by atoms with van der Waals surface area (Å²) in [5.41, 5.74) is 4.11. The van der Waals surface area contributed by atoms with Gasteiger partial charge in [-0.15, -0.1) is 0 Å². The van der Waals surface area contributed by atoms with Gasteiger partial charge in [0, 0.05) is 18.0 Å². The number of hydrogen-bond donors (Lipinski definition) is 2. The standard InChI is InChI=1S/C20H28N2/c1-15(21-3)14-17-10-12-19(13-11-17)20(16(2)22-4)18-8-6-5-7-9-18/h5-13,15-16,20-22H,14H2,1-4H3. The van der Waals surface area contributed by atoms with Crippen molar-refractivity contribution < 1.29 is 0 Å². The maximum atomic E-state index is 3.41. The molecule has 0 saturated heterocycles. The Morgan fingerprint density at radius 1 is 0.773 bits per heavy atom. The van der Waals surface area contributed by atoms with Crippen LogP contribution in [0.3, 0.4) is 0 Å². The monoisotopic (exact) mass is 296 g/mol. The summed E-state index contributed by atoms with van der Waals surface area (Å²) in [6, 6.07) is 20.7. The van der Waals surface area contributed by atoms with Gasteiger partial charge < -0.3 is 10.6 Å². The molecule has 22 heavy (non-hydrogen) atoms. The maximum Gasteiger partial charge on any atom is 0.0240 e. The van der Waals surface area contributed by atoms with Crippen molar-refractivity contribution in [3.05, 3.63) is 71.3 Å². The predicted molar refractivity (Wildman–Crippen MR) is 95.5 cm³/mol. The van der Waals surface area contributed by atoms with Crippen LogP contribution < -0.4 is 10.6 Å². The van der Waals surface area contributed by atoms with Gasteiger partial charge in [0.05, 0.1) is 0 Å². The first-order chi connectivity index (χ1) is 10.7. The predicted octanol–water partition coefficient (Wildman–Crippen LogP) is 3.58. The molecule has 0 amide bonds. The molecule has 0 fully saturated rings. The van der Waals surface area contributed by atoms with E-state index in [-0.39, 0.29) is 0 Å². The smallest absolute Gasteiger partial charge is 0.0240 e. The molecule has 0 radical (unpaired) electrons. The Labute approximate surface area is 135 Å². The van der Waals surface area contributed by atoms with E-state index < -0.39 is 0 Å². The Kier molecular flexibility index (Phi) is 6.17. The van der Waals surface area contributed by atoms with Crippen molar-refractivity contribution >= 4 is 0 Å². The lowest BCUT2D eigenvalue weighted by atomic mass is 9.85. The highest BCUT2D eigenvalue weighted by atomic mass is 14.9. The molecule has 2 heteroatoms. The first-order valence-corrected chi connectivity index (χ1v) is 8.14. The Hall–Kier alpha value is -1.64. The second-order valence-corrected chi connectivity index (χ2v) is 6.10. The van der Waals surface area contributed by atoms with Crippen molar-refractivity contribution in [2.75, 3.05) is 14.1 Å². The SMILES string of the molecule is CNC(C)Cc1ccc(C(c2ccccc2)C(C)NC)cc1. The average molecular weight is 296 g/mol. The van der Waals surface area contributed by atoms with Crippen LogP contribution in [0.5, 0.6) is 0 Å². The molecule has 2 aromatic carbocycles. The fourth-order valence-electron chi connectivity index (χ4n) is 2.91. The first-order valence-electron chi connectivity index (χ1n) is 8.14. The molecule has 0 spiro atoms. The van der Waals surface area contributed by atoms with Crippen LogP contribution in [-0.4, -0.2) is 26.2 Å². The molecule has 0 aliphatic rings. The molecule has 3 atom stereocenters. The summed E-state index contributed by atoms with van der Waals surface area (Å²) in [6.07, 6.45) is 1.06. The maximum absolute atomic E-state index is 3.41. The van der Waals surface area contributed by atoms with E-state index in [0.29, 0.717) is 18.0 Å². The number of likely N-dealkylation sites (N-methyl/N-ethyl adjacent to an activating group) is 2. The quantitative estimate of drug-likeness (QED) is 0.816.